The van der Waals surface area contributed by atoms with Crippen molar-refractivity contribution in [3.05, 3.63) is 0 Å². The van der Waals surface area contributed by atoms with E-state index in [-0.39, 0.29) is 12.0 Å². The minimum Gasteiger partial charge on any atom is -0.469 e. The molecule has 2 N–H and O–H groups in total. The molecule has 0 aromatic rings. The van der Waals surface area contributed by atoms with Gasteiger partial charge in [-0.1, -0.05) is 0 Å². The van der Waals surface area contributed by atoms with Crippen LogP contribution in [0.15, 0.2) is 0 Å². The third kappa shape index (κ3) is 3.32. The fourth-order valence-electron chi connectivity index (χ4n) is 1.57. The number of carbonyl (C=O) groups is 1. The molecule has 0 radical (unpaired) electrons. The second-order valence-corrected chi connectivity index (χ2v) is 3.40. The van der Waals surface area contributed by atoms with Gasteiger partial charge in [-0.2, -0.15) is 0 Å². The highest BCUT2D eigenvalue weighted by molar-refractivity contribution is 5.69. The van der Waals surface area contributed by atoms with Crippen LogP contribution in [0.3, 0.4) is 0 Å². The molecular weight excluding hydrogens is 170 g/mol. The van der Waals surface area contributed by atoms with Crippen LogP contribution in [0.1, 0.15) is 19.3 Å². The maximum absolute atomic E-state index is 10.9. The Morgan fingerprint density at radius 1 is 1.69 bits per heavy atom. The molecule has 4 heteroatoms. The van der Waals surface area contributed by atoms with E-state index in [1.165, 1.54) is 7.11 Å². The summed E-state index contributed by atoms with van der Waals surface area (Å²) in [6, 6.07) is 0.0819. The average Bonchev–Trinajstić information content (AvgIpc) is 2.16. The van der Waals surface area contributed by atoms with Crippen LogP contribution in [0, 0.1) is 5.92 Å². The summed E-state index contributed by atoms with van der Waals surface area (Å²) in [7, 11) is 1.41. The van der Waals surface area contributed by atoms with E-state index in [0.717, 1.165) is 19.4 Å². The molecule has 1 fully saturated rings. The summed E-state index contributed by atoms with van der Waals surface area (Å²) in [4.78, 5) is 10.9. The number of carbonyl (C=O) groups excluding carboxylic acids is 1. The summed E-state index contributed by atoms with van der Waals surface area (Å²) in [6.07, 6.45) is 2.24. The van der Waals surface area contributed by atoms with Crippen LogP contribution in [0.2, 0.25) is 0 Å². The third-order valence-corrected chi connectivity index (χ3v) is 2.50. The molecule has 1 saturated heterocycles. The van der Waals surface area contributed by atoms with Gasteiger partial charge in [0.05, 0.1) is 13.7 Å². The fourth-order valence-corrected chi connectivity index (χ4v) is 1.57. The van der Waals surface area contributed by atoms with Crippen molar-refractivity contribution in [1.29, 1.82) is 0 Å². The first kappa shape index (κ1) is 10.5. The lowest BCUT2D eigenvalue weighted by molar-refractivity contribution is -0.141. The van der Waals surface area contributed by atoms with Gasteiger partial charge in [0.1, 0.15) is 0 Å². The number of ether oxygens (including phenoxy) is 2. The molecule has 1 aliphatic rings. The molecular formula is C9H17NO3. The van der Waals surface area contributed by atoms with Gasteiger partial charge in [-0.3, -0.25) is 4.79 Å². The first-order valence-corrected chi connectivity index (χ1v) is 4.64. The van der Waals surface area contributed by atoms with E-state index in [2.05, 4.69) is 4.74 Å². The van der Waals surface area contributed by atoms with Crippen molar-refractivity contribution in [2.75, 3.05) is 20.3 Å². The normalized spacial score (nSPS) is 28.5. The number of esters is 1. The molecule has 0 bridgehead atoms. The molecule has 0 unspecified atom stereocenters. The predicted octanol–water partition coefficient (Wildman–Crippen LogP) is 0.303. The van der Waals surface area contributed by atoms with Gasteiger partial charge < -0.3 is 15.2 Å². The van der Waals surface area contributed by atoms with Gasteiger partial charge in [-0.25, -0.2) is 0 Å². The highest BCUT2D eigenvalue weighted by Crippen LogP contribution is 2.19. The van der Waals surface area contributed by atoms with Gasteiger partial charge in [0, 0.05) is 19.1 Å². The number of nitrogens with two attached hydrogens (primary N) is 1. The van der Waals surface area contributed by atoms with Crippen molar-refractivity contribution in [3.8, 4) is 0 Å². The van der Waals surface area contributed by atoms with Crippen molar-refractivity contribution in [2.45, 2.75) is 25.3 Å². The largest absolute Gasteiger partial charge is 0.469 e. The van der Waals surface area contributed by atoms with E-state index in [1.807, 2.05) is 0 Å². The molecule has 0 spiro atoms. The van der Waals surface area contributed by atoms with Crippen LogP contribution in [0.25, 0.3) is 0 Å². The van der Waals surface area contributed by atoms with Crippen molar-refractivity contribution >= 4 is 5.97 Å². The van der Waals surface area contributed by atoms with Crippen molar-refractivity contribution in [1.82, 2.24) is 0 Å². The molecule has 0 saturated carbocycles. The summed E-state index contributed by atoms with van der Waals surface area (Å²) < 4.78 is 9.77. The smallest absolute Gasteiger partial charge is 0.305 e. The molecule has 1 heterocycles. The van der Waals surface area contributed by atoms with Crippen LogP contribution < -0.4 is 5.73 Å². The molecule has 0 amide bonds. The monoisotopic (exact) mass is 187 g/mol. The summed E-state index contributed by atoms with van der Waals surface area (Å²) in [6.45, 7) is 1.38. The number of hydrogen-bond acceptors (Lipinski definition) is 4. The van der Waals surface area contributed by atoms with Gasteiger partial charge in [0.2, 0.25) is 0 Å². The van der Waals surface area contributed by atoms with Crippen LogP contribution >= 0.6 is 0 Å². The van der Waals surface area contributed by atoms with E-state index < -0.39 is 0 Å². The maximum Gasteiger partial charge on any atom is 0.305 e. The Bertz CT molecular complexity index is 172. The summed E-state index contributed by atoms with van der Waals surface area (Å²) in [5.74, 6) is 0.256. The fraction of sp³-hybridized carbons (Fsp3) is 0.889. The van der Waals surface area contributed by atoms with Crippen LogP contribution in [0.4, 0.5) is 0 Å². The number of methoxy groups -OCH3 is 1. The zero-order valence-electron chi connectivity index (χ0n) is 7.99. The van der Waals surface area contributed by atoms with E-state index in [0.29, 0.717) is 18.9 Å². The first-order chi connectivity index (χ1) is 6.24. The lowest BCUT2D eigenvalue weighted by Gasteiger charge is -2.28. The van der Waals surface area contributed by atoms with Gasteiger partial charge in [0.25, 0.3) is 0 Å². The lowest BCUT2D eigenvalue weighted by Crippen LogP contribution is -2.39. The minimum absolute atomic E-state index is 0.0819. The van der Waals surface area contributed by atoms with Gasteiger partial charge in [0.15, 0.2) is 0 Å². The topological polar surface area (TPSA) is 61.5 Å². The highest BCUT2D eigenvalue weighted by atomic mass is 16.5. The Kier molecular flexibility index (Phi) is 4.18. The molecule has 4 nitrogen and oxygen atoms in total. The third-order valence-electron chi connectivity index (χ3n) is 2.50. The molecule has 2 atom stereocenters. The molecule has 13 heavy (non-hydrogen) atoms. The first-order valence-electron chi connectivity index (χ1n) is 4.64. The van der Waals surface area contributed by atoms with E-state index in [9.17, 15) is 4.79 Å². The maximum atomic E-state index is 10.9. The SMILES string of the molecule is COC(=O)CC[C@H]1CCOC[C@H]1N. The van der Waals surface area contributed by atoms with E-state index in [1.54, 1.807) is 0 Å². The van der Waals surface area contributed by atoms with Crippen LogP contribution in [-0.2, 0) is 14.3 Å². The zero-order valence-corrected chi connectivity index (χ0v) is 7.99. The molecule has 1 aliphatic heterocycles. The number of hydrogen-bond donors (Lipinski definition) is 1. The second kappa shape index (κ2) is 5.19. The average molecular weight is 187 g/mol. The summed E-state index contributed by atoms with van der Waals surface area (Å²) in [5, 5.41) is 0. The second-order valence-electron chi connectivity index (χ2n) is 3.40. The molecule has 76 valence electrons. The Balaban J connectivity index is 2.22. The van der Waals surface area contributed by atoms with Crippen LogP contribution in [0.5, 0.6) is 0 Å². The van der Waals surface area contributed by atoms with E-state index in [4.69, 9.17) is 10.5 Å². The highest BCUT2D eigenvalue weighted by Gasteiger charge is 2.22. The Morgan fingerprint density at radius 3 is 3.08 bits per heavy atom. The molecule has 0 aromatic carbocycles. The minimum atomic E-state index is -0.154. The van der Waals surface area contributed by atoms with Crippen molar-refractivity contribution in [2.24, 2.45) is 11.7 Å². The zero-order chi connectivity index (χ0) is 9.68. The molecule has 0 aromatic heterocycles. The molecule has 1 rings (SSSR count). The number of rotatable bonds is 3. The predicted molar refractivity (Wildman–Crippen MR) is 48.2 cm³/mol. The van der Waals surface area contributed by atoms with Gasteiger partial charge >= 0.3 is 5.97 Å². The lowest BCUT2D eigenvalue weighted by atomic mass is 9.91. The molecule has 0 aliphatic carbocycles. The van der Waals surface area contributed by atoms with Crippen molar-refractivity contribution < 1.29 is 14.3 Å². The van der Waals surface area contributed by atoms with Crippen molar-refractivity contribution in [3.63, 3.8) is 0 Å². The van der Waals surface area contributed by atoms with Gasteiger partial charge in [-0.05, 0) is 18.8 Å². The standard InChI is InChI=1S/C9H17NO3/c1-12-9(11)3-2-7-4-5-13-6-8(7)10/h7-8H,2-6,10H2,1H3/t7-,8+/m0/s1. The summed E-state index contributed by atoms with van der Waals surface area (Å²) >= 11 is 0. The Hall–Kier alpha value is -0.610. The Labute approximate surface area is 78.4 Å². The summed E-state index contributed by atoms with van der Waals surface area (Å²) in [5.41, 5.74) is 5.83. The quantitative estimate of drug-likeness (QED) is 0.646. The van der Waals surface area contributed by atoms with Gasteiger partial charge in [-0.15, -0.1) is 0 Å². The van der Waals surface area contributed by atoms with Crippen LogP contribution in [-0.4, -0.2) is 32.3 Å². The Morgan fingerprint density at radius 2 is 2.46 bits per heavy atom. The van der Waals surface area contributed by atoms with E-state index >= 15 is 0 Å².